The molecular weight excluding hydrogens is 206 g/mol. The summed E-state index contributed by atoms with van der Waals surface area (Å²) < 4.78 is 1.15. The number of nitrogen functional groups attached to an aromatic ring is 1. The van der Waals surface area contributed by atoms with Crippen LogP contribution >= 0.6 is 11.3 Å². The molecule has 3 rings (SSSR count). The summed E-state index contributed by atoms with van der Waals surface area (Å²) in [6, 6.07) is 4.14. The molecule has 0 amide bonds. The van der Waals surface area contributed by atoms with Gasteiger partial charge in [0.1, 0.15) is 5.52 Å². The minimum atomic E-state index is 0.262. The second-order valence-electron chi connectivity index (χ2n) is 4.41. The highest BCUT2D eigenvalue weighted by Gasteiger charge is 2.37. The highest BCUT2D eigenvalue weighted by Crippen LogP contribution is 2.40. The van der Waals surface area contributed by atoms with Crippen molar-refractivity contribution in [2.75, 3.05) is 11.1 Å². The van der Waals surface area contributed by atoms with Gasteiger partial charge < -0.3 is 11.1 Å². The molecule has 78 valence electrons. The van der Waals surface area contributed by atoms with Crippen molar-refractivity contribution >= 4 is 32.9 Å². The molecule has 0 saturated heterocycles. The average molecular weight is 219 g/mol. The normalized spacial score (nSPS) is 17.9. The third kappa shape index (κ3) is 1.45. The topological polar surface area (TPSA) is 50.9 Å². The second kappa shape index (κ2) is 2.85. The highest BCUT2D eigenvalue weighted by atomic mass is 32.1. The van der Waals surface area contributed by atoms with Crippen LogP contribution in [0.3, 0.4) is 0 Å². The van der Waals surface area contributed by atoms with E-state index < -0.39 is 0 Å². The van der Waals surface area contributed by atoms with Crippen LogP contribution in [0.15, 0.2) is 17.6 Å². The Balaban J connectivity index is 2.06. The SMILES string of the molecule is CC1(Nc2ccc3scnc3c2N)CC1. The molecular formula is C11H13N3S. The number of aromatic nitrogens is 1. The molecule has 15 heavy (non-hydrogen) atoms. The van der Waals surface area contributed by atoms with E-state index in [1.807, 2.05) is 5.51 Å². The minimum absolute atomic E-state index is 0.262. The molecule has 0 bridgehead atoms. The maximum Gasteiger partial charge on any atom is 0.106 e. The summed E-state index contributed by atoms with van der Waals surface area (Å²) in [5, 5.41) is 3.48. The standard InChI is InChI=1S/C11H13N3S/c1-11(4-5-11)14-7-2-3-8-10(9(7)12)13-6-15-8/h2-3,6,14H,4-5,12H2,1H3. The predicted octanol–water partition coefficient (Wildman–Crippen LogP) is 2.84. The van der Waals surface area contributed by atoms with Gasteiger partial charge in [-0.2, -0.15) is 0 Å². The molecule has 1 aromatic carbocycles. The van der Waals surface area contributed by atoms with Gasteiger partial charge in [0, 0.05) is 5.54 Å². The van der Waals surface area contributed by atoms with E-state index in [-0.39, 0.29) is 5.54 Å². The maximum atomic E-state index is 6.08. The van der Waals surface area contributed by atoms with Crippen LogP contribution in [-0.2, 0) is 0 Å². The van der Waals surface area contributed by atoms with Gasteiger partial charge in [0.05, 0.1) is 21.6 Å². The largest absolute Gasteiger partial charge is 0.395 e. The predicted molar refractivity (Wildman–Crippen MR) is 65.3 cm³/mol. The quantitative estimate of drug-likeness (QED) is 0.764. The van der Waals surface area contributed by atoms with Crippen LogP contribution in [-0.4, -0.2) is 10.5 Å². The Bertz CT molecular complexity index is 514. The zero-order valence-electron chi connectivity index (χ0n) is 8.58. The number of hydrogen-bond donors (Lipinski definition) is 2. The lowest BCUT2D eigenvalue weighted by atomic mass is 10.2. The molecule has 0 spiro atoms. The fourth-order valence-corrected chi connectivity index (χ4v) is 2.39. The van der Waals surface area contributed by atoms with E-state index in [1.54, 1.807) is 11.3 Å². The van der Waals surface area contributed by atoms with Gasteiger partial charge in [-0.1, -0.05) is 0 Å². The highest BCUT2D eigenvalue weighted by molar-refractivity contribution is 7.16. The summed E-state index contributed by atoms with van der Waals surface area (Å²) in [5.74, 6) is 0. The fourth-order valence-electron chi connectivity index (χ4n) is 1.70. The van der Waals surface area contributed by atoms with Gasteiger partial charge in [0.15, 0.2) is 0 Å². The van der Waals surface area contributed by atoms with Gasteiger partial charge >= 0.3 is 0 Å². The Morgan fingerprint density at radius 3 is 3.00 bits per heavy atom. The number of nitrogens with one attached hydrogen (secondary N) is 1. The van der Waals surface area contributed by atoms with Crippen LogP contribution in [0.1, 0.15) is 19.8 Å². The Labute approximate surface area is 92.3 Å². The van der Waals surface area contributed by atoms with E-state index >= 15 is 0 Å². The second-order valence-corrected chi connectivity index (χ2v) is 5.30. The number of fused-ring (bicyclic) bond motifs is 1. The van der Waals surface area contributed by atoms with Crippen molar-refractivity contribution in [1.29, 1.82) is 0 Å². The van der Waals surface area contributed by atoms with Crippen molar-refractivity contribution in [3.05, 3.63) is 17.6 Å². The summed E-state index contributed by atoms with van der Waals surface area (Å²) in [4.78, 5) is 4.28. The molecule has 3 nitrogen and oxygen atoms in total. The van der Waals surface area contributed by atoms with Gasteiger partial charge in [-0.15, -0.1) is 11.3 Å². The van der Waals surface area contributed by atoms with Crippen LogP contribution in [0.2, 0.25) is 0 Å². The molecule has 1 heterocycles. The summed E-state index contributed by atoms with van der Waals surface area (Å²) >= 11 is 1.62. The van der Waals surface area contributed by atoms with E-state index in [1.165, 1.54) is 12.8 Å². The monoisotopic (exact) mass is 219 g/mol. The lowest BCUT2D eigenvalue weighted by molar-refractivity contribution is 0.830. The van der Waals surface area contributed by atoms with Gasteiger partial charge in [0.2, 0.25) is 0 Å². The van der Waals surface area contributed by atoms with E-state index in [0.717, 1.165) is 21.6 Å². The third-order valence-electron chi connectivity index (χ3n) is 2.98. The number of nitrogens with zero attached hydrogens (tertiary/aromatic N) is 1. The van der Waals surface area contributed by atoms with Gasteiger partial charge in [-0.05, 0) is 31.9 Å². The number of anilines is 2. The van der Waals surface area contributed by atoms with Crippen molar-refractivity contribution in [1.82, 2.24) is 4.98 Å². The molecule has 0 atom stereocenters. The Hall–Kier alpha value is -1.29. The van der Waals surface area contributed by atoms with Crippen molar-refractivity contribution in [3.8, 4) is 0 Å². The molecule has 1 aliphatic carbocycles. The molecule has 1 aromatic heterocycles. The van der Waals surface area contributed by atoms with Crippen molar-refractivity contribution < 1.29 is 0 Å². The first-order valence-corrected chi connectivity index (χ1v) is 5.96. The van der Waals surface area contributed by atoms with Crippen LogP contribution in [0.4, 0.5) is 11.4 Å². The molecule has 2 aromatic rings. The summed E-state index contributed by atoms with van der Waals surface area (Å²) in [6.07, 6.45) is 2.45. The summed E-state index contributed by atoms with van der Waals surface area (Å²) in [7, 11) is 0. The smallest absolute Gasteiger partial charge is 0.106 e. The Kier molecular flexibility index (Phi) is 1.71. The van der Waals surface area contributed by atoms with Gasteiger partial charge in [-0.3, -0.25) is 0 Å². The lowest BCUT2D eigenvalue weighted by Crippen LogP contribution is -2.16. The zero-order valence-corrected chi connectivity index (χ0v) is 9.40. The summed E-state index contributed by atoms with van der Waals surface area (Å²) in [6.45, 7) is 2.22. The van der Waals surface area contributed by atoms with E-state index in [0.29, 0.717) is 0 Å². The van der Waals surface area contributed by atoms with Crippen LogP contribution in [0, 0.1) is 0 Å². The molecule has 1 aliphatic rings. The van der Waals surface area contributed by atoms with Gasteiger partial charge in [0.25, 0.3) is 0 Å². The molecule has 1 fully saturated rings. The minimum Gasteiger partial charge on any atom is -0.395 e. The van der Waals surface area contributed by atoms with Crippen LogP contribution < -0.4 is 11.1 Å². The van der Waals surface area contributed by atoms with E-state index in [4.69, 9.17) is 5.73 Å². The molecule has 0 unspecified atom stereocenters. The summed E-state index contributed by atoms with van der Waals surface area (Å²) in [5.41, 5.74) is 10.9. The molecule has 0 aliphatic heterocycles. The molecule has 4 heteroatoms. The number of hydrogen-bond acceptors (Lipinski definition) is 4. The van der Waals surface area contributed by atoms with Crippen LogP contribution in [0.5, 0.6) is 0 Å². The first kappa shape index (κ1) is 8.97. The lowest BCUT2D eigenvalue weighted by Gasteiger charge is -2.15. The van der Waals surface area contributed by atoms with Crippen LogP contribution in [0.25, 0.3) is 10.2 Å². The first-order chi connectivity index (χ1) is 7.18. The number of thiazole rings is 1. The average Bonchev–Trinajstić information content (AvgIpc) is 2.78. The number of rotatable bonds is 2. The van der Waals surface area contributed by atoms with Crippen molar-refractivity contribution in [3.63, 3.8) is 0 Å². The van der Waals surface area contributed by atoms with Crippen molar-refractivity contribution in [2.45, 2.75) is 25.3 Å². The number of benzene rings is 1. The Morgan fingerprint density at radius 1 is 1.47 bits per heavy atom. The number of nitrogens with two attached hydrogens (primary N) is 1. The molecule has 0 radical (unpaired) electrons. The molecule has 3 N–H and O–H groups in total. The molecule has 1 saturated carbocycles. The Morgan fingerprint density at radius 2 is 2.27 bits per heavy atom. The fraction of sp³-hybridized carbons (Fsp3) is 0.364. The maximum absolute atomic E-state index is 6.08. The van der Waals surface area contributed by atoms with E-state index in [2.05, 4.69) is 29.4 Å². The van der Waals surface area contributed by atoms with Gasteiger partial charge in [-0.25, -0.2) is 4.98 Å². The van der Waals surface area contributed by atoms with E-state index in [9.17, 15) is 0 Å². The van der Waals surface area contributed by atoms with Crippen molar-refractivity contribution in [2.24, 2.45) is 0 Å². The third-order valence-corrected chi connectivity index (χ3v) is 3.77. The zero-order chi connectivity index (χ0) is 10.5. The first-order valence-electron chi connectivity index (χ1n) is 5.08.